The number of aromatic nitrogens is 2. The van der Waals surface area contributed by atoms with Gasteiger partial charge in [0.2, 0.25) is 0 Å². The number of benzene rings is 2. The van der Waals surface area contributed by atoms with Crippen molar-refractivity contribution in [2.24, 2.45) is 0 Å². The summed E-state index contributed by atoms with van der Waals surface area (Å²) in [5.41, 5.74) is 5.47. The van der Waals surface area contributed by atoms with Crippen LogP contribution in [-0.4, -0.2) is 16.8 Å². The zero-order chi connectivity index (χ0) is 17.2. The van der Waals surface area contributed by atoms with E-state index in [9.17, 15) is 5.26 Å². The van der Waals surface area contributed by atoms with Crippen LogP contribution in [0.15, 0.2) is 36.4 Å². The minimum Gasteiger partial charge on any atom is -0.492 e. The van der Waals surface area contributed by atoms with E-state index in [-0.39, 0.29) is 0 Å². The van der Waals surface area contributed by atoms with Crippen molar-refractivity contribution < 1.29 is 4.74 Å². The predicted molar refractivity (Wildman–Crippen MR) is 98.7 cm³/mol. The van der Waals surface area contributed by atoms with E-state index >= 15 is 0 Å². The van der Waals surface area contributed by atoms with Crippen LogP contribution in [0.5, 0.6) is 5.75 Å². The third kappa shape index (κ3) is 2.90. The highest BCUT2D eigenvalue weighted by Crippen LogP contribution is 2.36. The van der Waals surface area contributed by atoms with Crippen LogP contribution in [0.25, 0.3) is 21.1 Å². The average Bonchev–Trinajstić information content (AvgIpc) is 3.31. The van der Waals surface area contributed by atoms with Gasteiger partial charge in [-0.3, -0.25) is 0 Å². The number of fused-ring (bicyclic) bond motifs is 1. The van der Waals surface area contributed by atoms with E-state index in [1.54, 1.807) is 11.3 Å². The molecule has 0 saturated carbocycles. The number of hydrogen-bond acceptors (Lipinski definition) is 5. The second-order valence-corrected chi connectivity index (χ2v) is 6.94. The molecule has 3 aromatic rings. The minimum absolute atomic E-state index is 0.525. The summed E-state index contributed by atoms with van der Waals surface area (Å²) in [5.74, 6) is 0.611. The van der Waals surface area contributed by atoms with E-state index in [0.717, 1.165) is 28.4 Å². The first-order valence-electron chi connectivity index (χ1n) is 8.42. The fraction of sp³-hybridized carbons (Fsp3) is 0.250. The first-order chi connectivity index (χ1) is 12.3. The van der Waals surface area contributed by atoms with Crippen molar-refractivity contribution in [3.63, 3.8) is 0 Å². The molecule has 0 atom stereocenters. The molecule has 0 radical (unpaired) electrons. The molecule has 4 rings (SSSR count). The van der Waals surface area contributed by atoms with Crippen LogP contribution in [0.4, 0.5) is 0 Å². The first kappa shape index (κ1) is 15.8. The maximum absolute atomic E-state index is 9.34. The minimum atomic E-state index is 0.525. The van der Waals surface area contributed by atoms with Gasteiger partial charge >= 0.3 is 0 Å². The topological polar surface area (TPSA) is 58.8 Å². The van der Waals surface area contributed by atoms with Crippen LogP contribution in [0.1, 0.15) is 30.0 Å². The molecule has 0 unspecified atom stereocenters. The van der Waals surface area contributed by atoms with Gasteiger partial charge in [-0.1, -0.05) is 29.5 Å². The maximum Gasteiger partial charge on any atom is 0.148 e. The van der Waals surface area contributed by atoms with Gasteiger partial charge in [0.1, 0.15) is 21.8 Å². The van der Waals surface area contributed by atoms with Crippen molar-refractivity contribution in [2.75, 3.05) is 6.61 Å². The van der Waals surface area contributed by atoms with Gasteiger partial charge in [0.05, 0.1) is 12.2 Å². The van der Waals surface area contributed by atoms with Crippen molar-refractivity contribution in [1.82, 2.24) is 10.2 Å². The van der Waals surface area contributed by atoms with Gasteiger partial charge in [-0.25, -0.2) is 0 Å². The van der Waals surface area contributed by atoms with Crippen molar-refractivity contribution in [1.29, 1.82) is 5.26 Å². The third-order valence-corrected chi connectivity index (χ3v) is 5.45. The van der Waals surface area contributed by atoms with Crippen molar-refractivity contribution in [3.8, 4) is 33.0 Å². The quantitative estimate of drug-likeness (QED) is 0.690. The molecule has 1 aliphatic carbocycles. The SMILES string of the molecule is CCOc1ccc(-c2nnc(-c3cccc4c3CCC4)s2)cc1C#N. The van der Waals surface area contributed by atoms with E-state index in [2.05, 4.69) is 34.5 Å². The Morgan fingerprint density at radius 1 is 1.16 bits per heavy atom. The van der Waals surface area contributed by atoms with Crippen LogP contribution in [0.2, 0.25) is 0 Å². The standard InChI is InChI=1S/C20H17N3OS/c1-2-24-18-10-9-14(11-15(18)12-21)19-22-23-20(25-19)17-8-4-6-13-5-3-7-16(13)17/h4,6,8-11H,2-3,5,7H2,1H3. The Kier molecular flexibility index (Phi) is 4.21. The second-order valence-electron chi connectivity index (χ2n) is 5.96. The normalized spacial score (nSPS) is 12.6. The van der Waals surface area contributed by atoms with Gasteiger partial charge in [-0.2, -0.15) is 5.26 Å². The lowest BCUT2D eigenvalue weighted by Gasteiger charge is -2.06. The molecule has 0 fully saturated rings. The summed E-state index contributed by atoms with van der Waals surface area (Å²) in [6.45, 7) is 2.44. The monoisotopic (exact) mass is 347 g/mol. The van der Waals surface area contributed by atoms with E-state index in [1.807, 2.05) is 25.1 Å². The molecule has 0 amide bonds. The van der Waals surface area contributed by atoms with E-state index in [1.165, 1.54) is 23.1 Å². The summed E-state index contributed by atoms with van der Waals surface area (Å²) >= 11 is 1.57. The van der Waals surface area contributed by atoms with E-state index in [0.29, 0.717) is 17.9 Å². The van der Waals surface area contributed by atoms with E-state index < -0.39 is 0 Å². The average molecular weight is 347 g/mol. The number of hydrogen-bond donors (Lipinski definition) is 0. The number of aryl methyl sites for hydroxylation is 1. The van der Waals surface area contributed by atoms with Crippen LogP contribution < -0.4 is 4.74 Å². The number of ether oxygens (including phenoxy) is 1. The highest BCUT2D eigenvalue weighted by molar-refractivity contribution is 7.17. The lowest BCUT2D eigenvalue weighted by molar-refractivity contribution is 0.339. The van der Waals surface area contributed by atoms with E-state index in [4.69, 9.17) is 4.74 Å². The summed E-state index contributed by atoms with van der Waals surface area (Å²) in [4.78, 5) is 0. The smallest absolute Gasteiger partial charge is 0.148 e. The van der Waals surface area contributed by atoms with Gasteiger partial charge < -0.3 is 4.74 Å². The highest BCUT2D eigenvalue weighted by atomic mass is 32.1. The molecule has 0 spiro atoms. The van der Waals surface area contributed by atoms with Crippen LogP contribution in [0, 0.1) is 11.3 Å². The molecule has 0 saturated heterocycles. The first-order valence-corrected chi connectivity index (χ1v) is 9.23. The lowest BCUT2D eigenvalue weighted by Crippen LogP contribution is -1.94. The zero-order valence-corrected chi connectivity index (χ0v) is 14.8. The van der Waals surface area contributed by atoms with Gasteiger partial charge in [0, 0.05) is 11.1 Å². The molecule has 1 heterocycles. The van der Waals surface area contributed by atoms with Crippen LogP contribution in [0.3, 0.4) is 0 Å². The Morgan fingerprint density at radius 3 is 2.88 bits per heavy atom. The molecule has 0 N–H and O–H groups in total. The van der Waals surface area contributed by atoms with Gasteiger partial charge in [0.25, 0.3) is 0 Å². The Morgan fingerprint density at radius 2 is 2.04 bits per heavy atom. The number of rotatable bonds is 4. The van der Waals surface area contributed by atoms with Gasteiger partial charge in [0.15, 0.2) is 0 Å². The molecule has 0 aliphatic heterocycles. The van der Waals surface area contributed by atoms with Crippen molar-refractivity contribution in [2.45, 2.75) is 26.2 Å². The lowest BCUT2D eigenvalue weighted by atomic mass is 10.0. The van der Waals surface area contributed by atoms with Crippen molar-refractivity contribution >= 4 is 11.3 Å². The second kappa shape index (κ2) is 6.66. The summed E-state index contributed by atoms with van der Waals surface area (Å²) in [5, 5.41) is 19.9. The summed E-state index contributed by atoms with van der Waals surface area (Å²) < 4.78 is 5.49. The number of nitriles is 1. The van der Waals surface area contributed by atoms with Gasteiger partial charge in [-0.15, -0.1) is 10.2 Å². The molecule has 0 bridgehead atoms. The Bertz CT molecular complexity index is 971. The summed E-state index contributed by atoms with van der Waals surface area (Å²) in [6, 6.07) is 14.2. The Labute approximate surface area is 150 Å². The maximum atomic E-state index is 9.34. The highest BCUT2D eigenvalue weighted by Gasteiger charge is 2.18. The Hall–Kier alpha value is -2.71. The molecule has 1 aliphatic rings. The predicted octanol–water partition coefficient (Wildman–Crippen LogP) is 4.63. The summed E-state index contributed by atoms with van der Waals surface area (Å²) in [7, 11) is 0. The molecule has 124 valence electrons. The zero-order valence-electron chi connectivity index (χ0n) is 14.0. The van der Waals surface area contributed by atoms with Crippen LogP contribution >= 0.6 is 11.3 Å². The molecule has 25 heavy (non-hydrogen) atoms. The molecular formula is C20H17N3OS. The molecule has 5 heteroatoms. The fourth-order valence-electron chi connectivity index (χ4n) is 3.30. The van der Waals surface area contributed by atoms with Crippen molar-refractivity contribution in [3.05, 3.63) is 53.1 Å². The third-order valence-electron chi connectivity index (χ3n) is 4.45. The Balaban J connectivity index is 1.71. The molecular weight excluding hydrogens is 330 g/mol. The molecule has 1 aromatic heterocycles. The fourth-order valence-corrected chi connectivity index (χ4v) is 4.19. The van der Waals surface area contributed by atoms with Gasteiger partial charge in [-0.05, 0) is 55.5 Å². The molecule has 2 aromatic carbocycles. The number of nitrogens with zero attached hydrogens (tertiary/aromatic N) is 3. The summed E-state index contributed by atoms with van der Waals surface area (Å²) in [6.07, 6.45) is 3.48. The van der Waals surface area contributed by atoms with Crippen LogP contribution in [-0.2, 0) is 12.8 Å². The largest absolute Gasteiger partial charge is 0.492 e. The molecule has 4 nitrogen and oxygen atoms in total.